The van der Waals surface area contributed by atoms with Crippen LogP contribution >= 0.6 is 11.3 Å². The fourth-order valence-corrected chi connectivity index (χ4v) is 2.68. The summed E-state index contributed by atoms with van der Waals surface area (Å²) >= 11 is 1.39. The predicted octanol–water partition coefficient (Wildman–Crippen LogP) is 3.09. The van der Waals surface area contributed by atoms with Crippen molar-refractivity contribution in [1.29, 1.82) is 0 Å². The number of aryl methyl sites for hydroxylation is 2. The third kappa shape index (κ3) is 1.93. The SMILES string of the molecule is CCOC(=O)c1cc2c(C)cc(C)nc2s1. The maximum atomic E-state index is 11.6. The summed E-state index contributed by atoms with van der Waals surface area (Å²) in [5.41, 5.74) is 2.12. The molecule has 3 nitrogen and oxygen atoms in total. The van der Waals surface area contributed by atoms with Crippen molar-refractivity contribution in [2.24, 2.45) is 0 Å². The van der Waals surface area contributed by atoms with E-state index in [-0.39, 0.29) is 5.97 Å². The van der Waals surface area contributed by atoms with E-state index < -0.39 is 0 Å². The molecule has 0 spiro atoms. The maximum absolute atomic E-state index is 11.6. The lowest BCUT2D eigenvalue weighted by atomic mass is 10.2. The number of hydrogen-bond donors (Lipinski definition) is 0. The smallest absolute Gasteiger partial charge is 0.348 e. The molecular weight excluding hydrogens is 222 g/mol. The van der Waals surface area contributed by atoms with E-state index in [2.05, 4.69) is 4.98 Å². The number of pyridine rings is 1. The lowest BCUT2D eigenvalue weighted by molar-refractivity contribution is 0.0532. The van der Waals surface area contributed by atoms with Gasteiger partial charge in [-0.2, -0.15) is 0 Å². The highest BCUT2D eigenvalue weighted by Gasteiger charge is 2.13. The molecule has 0 saturated heterocycles. The summed E-state index contributed by atoms with van der Waals surface area (Å²) in [4.78, 5) is 17.5. The van der Waals surface area contributed by atoms with Gasteiger partial charge in [0, 0.05) is 11.1 Å². The van der Waals surface area contributed by atoms with Gasteiger partial charge in [0.05, 0.1) is 6.61 Å². The second-order valence-electron chi connectivity index (χ2n) is 3.63. The van der Waals surface area contributed by atoms with E-state index in [1.165, 1.54) is 11.3 Å². The van der Waals surface area contributed by atoms with Gasteiger partial charge in [-0.05, 0) is 38.5 Å². The van der Waals surface area contributed by atoms with Crippen LogP contribution in [0.15, 0.2) is 12.1 Å². The van der Waals surface area contributed by atoms with Gasteiger partial charge >= 0.3 is 5.97 Å². The summed E-state index contributed by atoms with van der Waals surface area (Å²) in [6.07, 6.45) is 0. The van der Waals surface area contributed by atoms with Crippen molar-refractivity contribution in [3.63, 3.8) is 0 Å². The van der Waals surface area contributed by atoms with Crippen molar-refractivity contribution < 1.29 is 9.53 Å². The number of thiophene rings is 1. The predicted molar refractivity (Wildman–Crippen MR) is 65.1 cm³/mol. The molecule has 2 aromatic heterocycles. The Labute approximate surface area is 98.1 Å². The molecule has 0 amide bonds. The number of carbonyl (C=O) groups excluding carboxylic acids is 1. The fourth-order valence-electron chi connectivity index (χ4n) is 1.63. The number of rotatable bonds is 2. The van der Waals surface area contributed by atoms with Crippen molar-refractivity contribution in [1.82, 2.24) is 4.98 Å². The van der Waals surface area contributed by atoms with Gasteiger partial charge in [-0.3, -0.25) is 0 Å². The van der Waals surface area contributed by atoms with Crippen LogP contribution in [0, 0.1) is 13.8 Å². The molecular formula is C12H13NO2S. The molecule has 0 aliphatic heterocycles. The lowest BCUT2D eigenvalue weighted by Gasteiger charge is -1.96. The first-order valence-corrected chi connectivity index (χ1v) is 5.98. The second-order valence-corrected chi connectivity index (χ2v) is 4.66. The Morgan fingerprint density at radius 1 is 1.44 bits per heavy atom. The molecule has 4 heteroatoms. The van der Waals surface area contributed by atoms with Gasteiger partial charge in [-0.15, -0.1) is 11.3 Å². The van der Waals surface area contributed by atoms with E-state index in [4.69, 9.17) is 4.74 Å². The molecule has 16 heavy (non-hydrogen) atoms. The molecule has 0 unspecified atom stereocenters. The first-order valence-electron chi connectivity index (χ1n) is 5.16. The first-order chi connectivity index (χ1) is 7.61. The maximum Gasteiger partial charge on any atom is 0.348 e. The molecule has 2 aromatic rings. The molecule has 2 heterocycles. The minimum Gasteiger partial charge on any atom is -0.462 e. The monoisotopic (exact) mass is 235 g/mol. The molecule has 0 fully saturated rings. The highest BCUT2D eigenvalue weighted by molar-refractivity contribution is 7.20. The van der Waals surface area contributed by atoms with E-state index in [1.54, 1.807) is 6.92 Å². The van der Waals surface area contributed by atoms with E-state index in [1.807, 2.05) is 26.0 Å². The van der Waals surface area contributed by atoms with E-state index in [0.717, 1.165) is 21.5 Å². The van der Waals surface area contributed by atoms with Gasteiger partial charge in [0.2, 0.25) is 0 Å². The van der Waals surface area contributed by atoms with Crippen LogP contribution in [0.1, 0.15) is 27.9 Å². The van der Waals surface area contributed by atoms with Gasteiger partial charge < -0.3 is 4.74 Å². The molecule has 0 saturated carbocycles. The second kappa shape index (κ2) is 4.22. The van der Waals surface area contributed by atoms with Crippen LogP contribution in [0.2, 0.25) is 0 Å². The van der Waals surface area contributed by atoms with Crippen molar-refractivity contribution in [2.45, 2.75) is 20.8 Å². The number of nitrogens with zero attached hydrogens (tertiary/aromatic N) is 1. The Balaban J connectivity index is 2.51. The number of fused-ring (bicyclic) bond motifs is 1. The summed E-state index contributed by atoms with van der Waals surface area (Å²) in [6, 6.07) is 3.88. The molecule has 2 rings (SSSR count). The summed E-state index contributed by atoms with van der Waals surface area (Å²) < 4.78 is 4.97. The molecule has 84 valence electrons. The Morgan fingerprint density at radius 2 is 2.19 bits per heavy atom. The minimum absolute atomic E-state index is 0.262. The quantitative estimate of drug-likeness (QED) is 0.751. The van der Waals surface area contributed by atoms with Crippen LogP contribution in [0.3, 0.4) is 0 Å². The van der Waals surface area contributed by atoms with Crippen LogP contribution in [-0.4, -0.2) is 17.6 Å². The highest BCUT2D eigenvalue weighted by Crippen LogP contribution is 2.27. The van der Waals surface area contributed by atoms with Crippen LogP contribution in [-0.2, 0) is 4.74 Å². The van der Waals surface area contributed by atoms with Crippen LogP contribution in [0.25, 0.3) is 10.2 Å². The number of ether oxygens (including phenoxy) is 1. The zero-order valence-corrected chi connectivity index (χ0v) is 10.4. The van der Waals surface area contributed by atoms with Gasteiger partial charge in [0.1, 0.15) is 9.71 Å². The fraction of sp³-hybridized carbons (Fsp3) is 0.333. The molecule has 0 radical (unpaired) electrons. The third-order valence-electron chi connectivity index (χ3n) is 2.32. The molecule has 0 atom stereocenters. The van der Waals surface area contributed by atoms with Crippen molar-refractivity contribution in [2.75, 3.05) is 6.61 Å². The van der Waals surface area contributed by atoms with E-state index >= 15 is 0 Å². The molecule has 0 bridgehead atoms. The van der Waals surface area contributed by atoms with Crippen LogP contribution in [0.5, 0.6) is 0 Å². The number of hydrogen-bond acceptors (Lipinski definition) is 4. The van der Waals surface area contributed by atoms with Crippen LogP contribution in [0.4, 0.5) is 0 Å². The standard InChI is InChI=1S/C12H13NO2S/c1-4-15-12(14)10-6-9-7(2)5-8(3)13-11(9)16-10/h5-6H,4H2,1-3H3. The van der Waals surface area contributed by atoms with Gasteiger partial charge in [0.25, 0.3) is 0 Å². The normalized spacial score (nSPS) is 10.7. The third-order valence-corrected chi connectivity index (χ3v) is 3.33. The molecule has 0 aliphatic carbocycles. The van der Waals surface area contributed by atoms with Gasteiger partial charge in [-0.1, -0.05) is 0 Å². The van der Waals surface area contributed by atoms with Gasteiger partial charge in [-0.25, -0.2) is 9.78 Å². The summed E-state index contributed by atoms with van der Waals surface area (Å²) in [6.45, 7) is 6.19. The molecule has 0 N–H and O–H groups in total. The Morgan fingerprint density at radius 3 is 2.88 bits per heavy atom. The zero-order valence-electron chi connectivity index (χ0n) is 9.53. The Hall–Kier alpha value is -1.42. The lowest BCUT2D eigenvalue weighted by Crippen LogP contribution is -2.01. The Bertz CT molecular complexity index is 545. The topological polar surface area (TPSA) is 39.2 Å². The Kier molecular flexibility index (Phi) is 2.92. The average molecular weight is 235 g/mol. The van der Waals surface area contributed by atoms with Gasteiger partial charge in [0.15, 0.2) is 0 Å². The van der Waals surface area contributed by atoms with Crippen LogP contribution < -0.4 is 0 Å². The van der Waals surface area contributed by atoms with E-state index in [0.29, 0.717) is 11.5 Å². The average Bonchev–Trinajstić information content (AvgIpc) is 2.62. The number of aromatic nitrogens is 1. The van der Waals surface area contributed by atoms with Crippen molar-refractivity contribution in [3.8, 4) is 0 Å². The molecule has 0 aromatic carbocycles. The van der Waals surface area contributed by atoms with E-state index in [9.17, 15) is 4.79 Å². The molecule has 0 aliphatic rings. The summed E-state index contributed by atoms with van der Waals surface area (Å²) in [7, 11) is 0. The summed E-state index contributed by atoms with van der Waals surface area (Å²) in [5.74, 6) is -0.262. The van der Waals surface area contributed by atoms with Crippen molar-refractivity contribution in [3.05, 3.63) is 28.3 Å². The number of carbonyl (C=O) groups is 1. The number of esters is 1. The minimum atomic E-state index is -0.262. The summed E-state index contributed by atoms with van der Waals surface area (Å²) in [5, 5.41) is 1.04. The highest BCUT2D eigenvalue weighted by atomic mass is 32.1. The van der Waals surface area contributed by atoms with Crippen molar-refractivity contribution >= 4 is 27.5 Å². The largest absolute Gasteiger partial charge is 0.462 e. The first kappa shape index (κ1) is 11.1. The zero-order chi connectivity index (χ0) is 11.7.